The van der Waals surface area contributed by atoms with E-state index < -0.39 is 0 Å². The number of benzene rings is 2. The highest BCUT2D eigenvalue weighted by atomic mass is 35.5. The second kappa shape index (κ2) is 8.75. The lowest BCUT2D eigenvalue weighted by molar-refractivity contribution is 0.0954. The van der Waals surface area contributed by atoms with E-state index >= 15 is 0 Å². The van der Waals surface area contributed by atoms with Crippen molar-refractivity contribution < 1.29 is 4.79 Å². The Balaban J connectivity index is 1.91. The fourth-order valence-corrected chi connectivity index (χ4v) is 2.72. The van der Waals surface area contributed by atoms with E-state index in [2.05, 4.69) is 10.5 Å². The van der Waals surface area contributed by atoms with Gasteiger partial charge in [0.2, 0.25) is 0 Å². The van der Waals surface area contributed by atoms with Crippen LogP contribution >= 0.6 is 23.4 Å². The molecule has 0 atom stereocenters. The SMILES string of the molecule is CC/C(C)=N\NC(=O)c1ccc(CSc2ccc(Cl)cc2)cc1. The molecule has 0 radical (unpaired) electrons. The minimum absolute atomic E-state index is 0.185. The van der Waals surface area contributed by atoms with Crippen molar-refractivity contribution in [3.63, 3.8) is 0 Å². The van der Waals surface area contributed by atoms with Gasteiger partial charge in [0, 0.05) is 26.9 Å². The van der Waals surface area contributed by atoms with Gasteiger partial charge >= 0.3 is 0 Å². The third-order valence-electron chi connectivity index (χ3n) is 3.30. The number of amides is 1. The zero-order valence-corrected chi connectivity index (χ0v) is 14.7. The van der Waals surface area contributed by atoms with E-state index in [0.29, 0.717) is 5.56 Å². The molecule has 2 rings (SSSR count). The van der Waals surface area contributed by atoms with Crippen LogP contribution in [0.2, 0.25) is 5.02 Å². The molecule has 23 heavy (non-hydrogen) atoms. The topological polar surface area (TPSA) is 41.5 Å². The molecular formula is C18H19ClN2OS. The van der Waals surface area contributed by atoms with Crippen molar-refractivity contribution in [2.24, 2.45) is 5.10 Å². The average Bonchev–Trinajstić information content (AvgIpc) is 2.59. The molecule has 0 saturated heterocycles. The third-order valence-corrected chi connectivity index (χ3v) is 4.63. The lowest BCUT2D eigenvalue weighted by Crippen LogP contribution is -2.18. The molecular weight excluding hydrogens is 328 g/mol. The van der Waals surface area contributed by atoms with Crippen LogP contribution in [0.1, 0.15) is 36.2 Å². The first-order valence-electron chi connectivity index (χ1n) is 7.39. The van der Waals surface area contributed by atoms with Crippen LogP contribution in [-0.2, 0) is 5.75 Å². The molecule has 2 aromatic rings. The molecule has 0 aliphatic heterocycles. The zero-order valence-electron chi connectivity index (χ0n) is 13.2. The van der Waals surface area contributed by atoms with E-state index in [-0.39, 0.29) is 5.91 Å². The van der Waals surface area contributed by atoms with Crippen LogP contribution in [0.3, 0.4) is 0 Å². The van der Waals surface area contributed by atoms with Crippen molar-refractivity contribution in [1.29, 1.82) is 0 Å². The predicted molar refractivity (Wildman–Crippen MR) is 98.3 cm³/mol. The van der Waals surface area contributed by atoms with E-state index in [1.165, 1.54) is 4.90 Å². The fourth-order valence-electron chi connectivity index (χ4n) is 1.74. The standard InChI is InChI=1S/C18H19ClN2OS/c1-3-13(2)20-21-18(22)15-6-4-14(5-7-15)12-23-17-10-8-16(19)9-11-17/h4-11H,3,12H2,1-2H3,(H,21,22)/b20-13-. The highest BCUT2D eigenvalue weighted by molar-refractivity contribution is 7.98. The Kier molecular flexibility index (Phi) is 6.68. The first-order valence-corrected chi connectivity index (χ1v) is 8.75. The van der Waals surface area contributed by atoms with Crippen molar-refractivity contribution in [3.8, 4) is 0 Å². The number of hydrogen-bond acceptors (Lipinski definition) is 3. The summed E-state index contributed by atoms with van der Waals surface area (Å²) >= 11 is 7.61. The largest absolute Gasteiger partial charge is 0.271 e. The Bertz CT molecular complexity index is 681. The van der Waals surface area contributed by atoms with Crippen molar-refractivity contribution >= 4 is 35.0 Å². The van der Waals surface area contributed by atoms with E-state index in [9.17, 15) is 4.79 Å². The first kappa shape index (κ1) is 17.6. The van der Waals surface area contributed by atoms with E-state index in [4.69, 9.17) is 11.6 Å². The lowest BCUT2D eigenvalue weighted by Gasteiger charge is -2.05. The normalized spacial score (nSPS) is 11.3. The van der Waals surface area contributed by atoms with Gasteiger partial charge in [-0.1, -0.05) is 30.7 Å². The summed E-state index contributed by atoms with van der Waals surface area (Å²) in [6.45, 7) is 3.88. The van der Waals surface area contributed by atoms with Crippen molar-refractivity contribution in [2.75, 3.05) is 0 Å². The van der Waals surface area contributed by atoms with Crippen LogP contribution in [-0.4, -0.2) is 11.6 Å². The minimum Gasteiger partial charge on any atom is -0.267 e. The van der Waals surface area contributed by atoms with Crippen LogP contribution in [0.15, 0.2) is 58.5 Å². The molecule has 0 aliphatic rings. The Morgan fingerprint density at radius 3 is 2.39 bits per heavy atom. The predicted octanol–water partition coefficient (Wildman–Crippen LogP) is 5.15. The van der Waals surface area contributed by atoms with Crippen molar-refractivity contribution in [1.82, 2.24) is 5.43 Å². The molecule has 1 N–H and O–H groups in total. The highest BCUT2D eigenvalue weighted by Gasteiger charge is 2.04. The van der Waals surface area contributed by atoms with Gasteiger partial charge in [-0.2, -0.15) is 5.10 Å². The summed E-state index contributed by atoms with van der Waals surface area (Å²) < 4.78 is 0. The second-order valence-corrected chi connectivity index (χ2v) is 6.57. The van der Waals surface area contributed by atoms with Gasteiger partial charge in [0.05, 0.1) is 0 Å². The monoisotopic (exact) mass is 346 g/mol. The van der Waals surface area contributed by atoms with Gasteiger partial charge in [0.15, 0.2) is 0 Å². The van der Waals surface area contributed by atoms with E-state index in [1.54, 1.807) is 11.8 Å². The zero-order chi connectivity index (χ0) is 16.7. The van der Waals surface area contributed by atoms with E-state index in [1.807, 2.05) is 62.4 Å². The number of thioether (sulfide) groups is 1. The maximum absolute atomic E-state index is 12.0. The summed E-state index contributed by atoms with van der Waals surface area (Å²) in [7, 11) is 0. The van der Waals surface area contributed by atoms with Crippen LogP contribution < -0.4 is 5.43 Å². The lowest BCUT2D eigenvalue weighted by atomic mass is 10.1. The summed E-state index contributed by atoms with van der Waals surface area (Å²) in [6.07, 6.45) is 0.821. The fraction of sp³-hybridized carbons (Fsp3) is 0.222. The molecule has 0 bridgehead atoms. The minimum atomic E-state index is -0.185. The summed E-state index contributed by atoms with van der Waals surface area (Å²) in [5.41, 5.74) is 5.23. The van der Waals surface area contributed by atoms with E-state index in [0.717, 1.165) is 28.5 Å². The van der Waals surface area contributed by atoms with Gasteiger partial charge in [-0.05, 0) is 55.3 Å². The summed E-state index contributed by atoms with van der Waals surface area (Å²) in [5.74, 6) is 0.658. The summed E-state index contributed by atoms with van der Waals surface area (Å²) in [4.78, 5) is 13.1. The number of hydrazone groups is 1. The smallest absolute Gasteiger partial charge is 0.267 e. The van der Waals surface area contributed by atoms with Gasteiger partial charge in [-0.3, -0.25) is 4.79 Å². The number of nitrogens with zero attached hydrogens (tertiary/aromatic N) is 1. The number of carbonyl (C=O) groups is 1. The quantitative estimate of drug-likeness (QED) is 0.446. The molecule has 0 aliphatic carbocycles. The van der Waals surface area contributed by atoms with Crippen LogP contribution in [0.25, 0.3) is 0 Å². The number of carbonyl (C=O) groups excluding carboxylic acids is 1. The number of nitrogens with one attached hydrogen (secondary N) is 1. The Morgan fingerprint density at radius 1 is 1.13 bits per heavy atom. The number of halogens is 1. The molecule has 2 aromatic carbocycles. The molecule has 3 nitrogen and oxygen atoms in total. The van der Waals surface area contributed by atoms with Gasteiger partial charge in [-0.25, -0.2) is 5.43 Å². The van der Waals surface area contributed by atoms with Crippen LogP contribution in [0.5, 0.6) is 0 Å². The molecule has 5 heteroatoms. The van der Waals surface area contributed by atoms with Gasteiger partial charge in [-0.15, -0.1) is 11.8 Å². The Labute approximate surface area is 146 Å². The molecule has 0 saturated carbocycles. The molecule has 120 valence electrons. The van der Waals surface area contributed by atoms with Crippen molar-refractivity contribution in [2.45, 2.75) is 30.9 Å². The summed E-state index contributed by atoms with van der Waals surface area (Å²) in [5, 5.41) is 4.77. The summed E-state index contributed by atoms with van der Waals surface area (Å²) in [6, 6.07) is 15.4. The maximum Gasteiger partial charge on any atom is 0.271 e. The van der Waals surface area contributed by atoms with Gasteiger partial charge < -0.3 is 0 Å². The number of hydrogen-bond donors (Lipinski definition) is 1. The Morgan fingerprint density at radius 2 is 1.78 bits per heavy atom. The van der Waals surface area contributed by atoms with Gasteiger partial charge in [0.25, 0.3) is 5.91 Å². The van der Waals surface area contributed by atoms with Crippen molar-refractivity contribution in [3.05, 3.63) is 64.7 Å². The molecule has 0 heterocycles. The molecule has 1 amide bonds. The number of rotatable bonds is 6. The third kappa shape index (κ3) is 5.73. The molecule has 0 aromatic heterocycles. The highest BCUT2D eigenvalue weighted by Crippen LogP contribution is 2.24. The van der Waals surface area contributed by atoms with Crippen LogP contribution in [0.4, 0.5) is 0 Å². The Hall–Kier alpha value is -1.78. The second-order valence-electron chi connectivity index (χ2n) is 5.08. The molecule has 0 fully saturated rings. The first-order chi connectivity index (χ1) is 11.1. The molecule has 0 unspecified atom stereocenters. The average molecular weight is 347 g/mol. The van der Waals surface area contributed by atoms with Crippen LogP contribution in [0, 0.1) is 0 Å². The maximum atomic E-state index is 12.0. The van der Waals surface area contributed by atoms with Gasteiger partial charge in [0.1, 0.15) is 0 Å². The molecule has 0 spiro atoms.